The predicted molar refractivity (Wildman–Crippen MR) is 83.3 cm³/mol. The van der Waals surface area contributed by atoms with Crippen LogP contribution in [0.5, 0.6) is 0 Å². The number of carbonyl (C=O) groups excluding carboxylic acids is 1. The average Bonchev–Trinajstić information content (AvgIpc) is 2.78. The van der Waals surface area contributed by atoms with Crippen molar-refractivity contribution in [2.75, 3.05) is 0 Å². The summed E-state index contributed by atoms with van der Waals surface area (Å²) in [5.41, 5.74) is 6.58. The molecule has 0 aliphatic heterocycles. The second kappa shape index (κ2) is 6.73. The molecule has 0 aromatic heterocycles. The zero-order valence-corrected chi connectivity index (χ0v) is 13.4. The number of carbonyl (C=O) groups is 1. The third kappa shape index (κ3) is 3.94. The van der Waals surface area contributed by atoms with Gasteiger partial charge in [-0.15, -0.1) is 12.4 Å². The first kappa shape index (κ1) is 16.5. The van der Waals surface area contributed by atoms with Gasteiger partial charge >= 0.3 is 0 Å². The third-order valence-corrected chi connectivity index (χ3v) is 4.19. The SMILES string of the molecule is CC(NC(=O)C1(N)CCCC1)c1ccc(Br)cc1.Cl. The van der Waals surface area contributed by atoms with Gasteiger partial charge in [-0.1, -0.05) is 40.9 Å². The van der Waals surface area contributed by atoms with Crippen LogP contribution in [-0.4, -0.2) is 11.4 Å². The molecule has 1 unspecified atom stereocenters. The van der Waals surface area contributed by atoms with Gasteiger partial charge < -0.3 is 11.1 Å². The fourth-order valence-corrected chi connectivity index (χ4v) is 2.67. The smallest absolute Gasteiger partial charge is 0.240 e. The van der Waals surface area contributed by atoms with Crippen molar-refractivity contribution in [3.8, 4) is 0 Å². The van der Waals surface area contributed by atoms with Crippen LogP contribution in [0.2, 0.25) is 0 Å². The first-order chi connectivity index (χ1) is 8.51. The molecule has 1 aliphatic rings. The van der Waals surface area contributed by atoms with Crippen molar-refractivity contribution >= 4 is 34.2 Å². The van der Waals surface area contributed by atoms with Gasteiger partial charge in [0.2, 0.25) is 5.91 Å². The van der Waals surface area contributed by atoms with Crippen LogP contribution in [-0.2, 0) is 4.79 Å². The molecular formula is C14H20BrClN2O. The van der Waals surface area contributed by atoms with Crippen LogP contribution < -0.4 is 11.1 Å². The van der Waals surface area contributed by atoms with E-state index in [1.54, 1.807) is 0 Å². The Morgan fingerprint density at radius 3 is 2.37 bits per heavy atom. The molecule has 3 N–H and O–H groups in total. The van der Waals surface area contributed by atoms with E-state index in [2.05, 4.69) is 21.2 Å². The van der Waals surface area contributed by atoms with Crippen molar-refractivity contribution in [2.45, 2.75) is 44.2 Å². The second-order valence-corrected chi connectivity index (χ2v) is 6.03. The van der Waals surface area contributed by atoms with Gasteiger partial charge in [-0.05, 0) is 37.5 Å². The van der Waals surface area contributed by atoms with Gasteiger partial charge in [0.1, 0.15) is 0 Å². The van der Waals surface area contributed by atoms with E-state index < -0.39 is 5.54 Å². The zero-order chi connectivity index (χ0) is 13.2. The van der Waals surface area contributed by atoms with Gasteiger partial charge in [0.25, 0.3) is 0 Å². The van der Waals surface area contributed by atoms with Gasteiger partial charge in [-0.2, -0.15) is 0 Å². The summed E-state index contributed by atoms with van der Waals surface area (Å²) in [6.45, 7) is 1.99. The Kier molecular flexibility index (Phi) is 5.83. The number of benzene rings is 1. The first-order valence-electron chi connectivity index (χ1n) is 6.36. The molecule has 0 saturated heterocycles. The minimum atomic E-state index is -0.649. The van der Waals surface area contributed by atoms with E-state index in [0.29, 0.717) is 0 Å². The minimum Gasteiger partial charge on any atom is -0.348 e. The van der Waals surface area contributed by atoms with Crippen molar-refractivity contribution in [2.24, 2.45) is 5.73 Å². The molecule has 3 nitrogen and oxygen atoms in total. The van der Waals surface area contributed by atoms with Gasteiger partial charge in [0.15, 0.2) is 0 Å². The van der Waals surface area contributed by atoms with Gasteiger partial charge in [-0.25, -0.2) is 0 Å². The standard InChI is InChI=1S/C14H19BrN2O.ClH/c1-10(11-4-6-12(15)7-5-11)17-13(18)14(16)8-2-3-9-14;/h4-7,10H,2-3,8-9,16H2,1H3,(H,17,18);1H. The highest BCUT2D eigenvalue weighted by Crippen LogP contribution is 2.28. The number of amides is 1. The highest BCUT2D eigenvalue weighted by atomic mass is 79.9. The molecule has 0 spiro atoms. The molecule has 1 amide bonds. The predicted octanol–water partition coefficient (Wildman–Crippen LogP) is 3.32. The summed E-state index contributed by atoms with van der Waals surface area (Å²) in [5.74, 6) is -0.0181. The van der Waals surface area contributed by atoms with Gasteiger partial charge in [0, 0.05) is 4.47 Å². The number of halogens is 2. The van der Waals surface area contributed by atoms with E-state index in [4.69, 9.17) is 5.73 Å². The molecule has 1 atom stereocenters. The summed E-state index contributed by atoms with van der Waals surface area (Å²) in [7, 11) is 0. The maximum Gasteiger partial charge on any atom is 0.240 e. The largest absolute Gasteiger partial charge is 0.348 e. The van der Waals surface area contributed by atoms with Crippen molar-refractivity contribution in [1.82, 2.24) is 5.32 Å². The normalized spacial score (nSPS) is 18.5. The first-order valence-corrected chi connectivity index (χ1v) is 7.16. The zero-order valence-electron chi connectivity index (χ0n) is 11.0. The maximum absolute atomic E-state index is 12.2. The number of nitrogens with two attached hydrogens (primary N) is 1. The molecule has 1 aromatic carbocycles. The van der Waals surface area contributed by atoms with E-state index >= 15 is 0 Å². The van der Waals surface area contributed by atoms with Crippen molar-refractivity contribution in [3.05, 3.63) is 34.3 Å². The Bertz CT molecular complexity index is 430. The molecule has 0 radical (unpaired) electrons. The van der Waals surface area contributed by atoms with Crippen LogP contribution in [0, 0.1) is 0 Å². The maximum atomic E-state index is 12.2. The Balaban J connectivity index is 0.00000180. The molecule has 19 heavy (non-hydrogen) atoms. The fraction of sp³-hybridized carbons (Fsp3) is 0.500. The molecule has 106 valence electrons. The number of rotatable bonds is 3. The molecular weight excluding hydrogens is 328 g/mol. The van der Waals surface area contributed by atoms with E-state index in [1.807, 2.05) is 31.2 Å². The Morgan fingerprint density at radius 1 is 1.32 bits per heavy atom. The lowest BCUT2D eigenvalue weighted by atomic mass is 9.97. The number of hydrogen-bond acceptors (Lipinski definition) is 2. The van der Waals surface area contributed by atoms with Crippen LogP contribution in [0.15, 0.2) is 28.7 Å². The molecule has 1 fully saturated rings. The van der Waals surface area contributed by atoms with Crippen molar-refractivity contribution in [3.63, 3.8) is 0 Å². The third-order valence-electron chi connectivity index (χ3n) is 3.67. The van der Waals surface area contributed by atoms with E-state index in [-0.39, 0.29) is 24.4 Å². The van der Waals surface area contributed by atoms with Crippen molar-refractivity contribution < 1.29 is 4.79 Å². The lowest BCUT2D eigenvalue weighted by Crippen LogP contribution is -2.52. The number of hydrogen-bond donors (Lipinski definition) is 2. The van der Waals surface area contributed by atoms with Gasteiger partial charge in [0.05, 0.1) is 11.6 Å². The molecule has 0 bridgehead atoms. The summed E-state index contributed by atoms with van der Waals surface area (Å²) in [4.78, 5) is 12.2. The molecule has 2 rings (SSSR count). The topological polar surface area (TPSA) is 55.1 Å². The van der Waals surface area contributed by atoms with Crippen molar-refractivity contribution in [1.29, 1.82) is 0 Å². The quantitative estimate of drug-likeness (QED) is 0.881. The van der Waals surface area contributed by atoms with Gasteiger partial charge in [-0.3, -0.25) is 4.79 Å². The van der Waals surface area contributed by atoms with Crippen LogP contribution in [0.1, 0.15) is 44.2 Å². The fourth-order valence-electron chi connectivity index (χ4n) is 2.41. The Hall–Kier alpha value is -0.580. The molecule has 5 heteroatoms. The summed E-state index contributed by atoms with van der Waals surface area (Å²) in [5, 5.41) is 3.02. The average molecular weight is 348 g/mol. The lowest BCUT2D eigenvalue weighted by molar-refractivity contribution is -0.126. The van der Waals surface area contributed by atoms with Crippen LogP contribution in [0.4, 0.5) is 0 Å². The summed E-state index contributed by atoms with van der Waals surface area (Å²) in [6, 6.07) is 7.96. The lowest BCUT2D eigenvalue weighted by Gasteiger charge is -2.25. The van der Waals surface area contributed by atoms with Crippen LogP contribution in [0.25, 0.3) is 0 Å². The molecule has 1 saturated carbocycles. The van der Waals surface area contributed by atoms with E-state index in [1.165, 1.54) is 0 Å². The minimum absolute atomic E-state index is 0. The monoisotopic (exact) mass is 346 g/mol. The highest BCUT2D eigenvalue weighted by Gasteiger charge is 2.37. The molecule has 1 aliphatic carbocycles. The molecule has 1 aromatic rings. The highest BCUT2D eigenvalue weighted by molar-refractivity contribution is 9.10. The second-order valence-electron chi connectivity index (χ2n) is 5.11. The number of nitrogens with one attached hydrogen (secondary N) is 1. The Labute approximate surface area is 128 Å². The summed E-state index contributed by atoms with van der Waals surface area (Å²) < 4.78 is 1.04. The summed E-state index contributed by atoms with van der Waals surface area (Å²) in [6.07, 6.45) is 3.70. The van der Waals surface area contributed by atoms with E-state index in [0.717, 1.165) is 35.7 Å². The van der Waals surface area contributed by atoms with E-state index in [9.17, 15) is 4.79 Å². The Morgan fingerprint density at radius 2 is 1.84 bits per heavy atom. The summed E-state index contributed by atoms with van der Waals surface area (Å²) >= 11 is 3.40. The van der Waals surface area contributed by atoms with Crippen LogP contribution >= 0.6 is 28.3 Å². The molecule has 0 heterocycles. The van der Waals surface area contributed by atoms with Crippen LogP contribution in [0.3, 0.4) is 0 Å².